The Morgan fingerprint density at radius 2 is 1.93 bits per heavy atom. The molecule has 5 nitrogen and oxygen atoms in total. The van der Waals surface area contributed by atoms with E-state index in [9.17, 15) is 9.90 Å². The molecular weight excluding hydrogens is 406 g/mol. The molecule has 0 bridgehead atoms. The number of aromatic carboxylic acids is 1. The van der Waals surface area contributed by atoms with Crippen LogP contribution in [-0.2, 0) is 6.54 Å². The van der Waals surface area contributed by atoms with Gasteiger partial charge in [-0.2, -0.15) is 5.10 Å². The first-order valence-electron chi connectivity index (χ1n) is 8.43. The van der Waals surface area contributed by atoms with Gasteiger partial charge in [-0.15, -0.1) is 0 Å². The molecule has 4 rings (SSSR count). The van der Waals surface area contributed by atoms with Crippen molar-refractivity contribution in [3.8, 4) is 11.3 Å². The van der Waals surface area contributed by atoms with Crippen LogP contribution in [-0.4, -0.2) is 25.8 Å². The SMILES string of the molecule is Cc1c(-c2cc(C(=O)O)c3cc(Br)ccc3n2)cnn1Cc1ccccc1. The minimum absolute atomic E-state index is 0.228. The Hall–Kier alpha value is -2.99. The molecule has 1 N–H and O–H groups in total. The standard InChI is InChI=1S/C21H16BrN3O2/c1-13-18(11-23-25(13)12-14-5-3-2-4-6-14)20-10-17(21(26)27)16-9-15(22)7-8-19(16)24-20/h2-11H,12H2,1H3,(H,26,27). The largest absolute Gasteiger partial charge is 0.478 e. The van der Waals surface area contributed by atoms with Crippen molar-refractivity contribution in [3.63, 3.8) is 0 Å². The highest BCUT2D eigenvalue weighted by Crippen LogP contribution is 2.29. The molecular formula is C21H16BrN3O2. The van der Waals surface area contributed by atoms with Crippen LogP contribution in [0.5, 0.6) is 0 Å². The fourth-order valence-electron chi connectivity index (χ4n) is 3.13. The average molecular weight is 422 g/mol. The molecule has 0 atom stereocenters. The van der Waals surface area contributed by atoms with Crippen LogP contribution in [0.4, 0.5) is 0 Å². The fraction of sp³-hybridized carbons (Fsp3) is 0.0952. The Morgan fingerprint density at radius 3 is 2.67 bits per heavy atom. The predicted octanol–water partition coefficient (Wildman–Crippen LogP) is 4.92. The minimum atomic E-state index is -0.976. The van der Waals surface area contributed by atoms with Gasteiger partial charge in [0.2, 0.25) is 0 Å². The van der Waals surface area contributed by atoms with Gasteiger partial charge in [-0.1, -0.05) is 46.3 Å². The molecule has 2 aromatic heterocycles. The number of benzene rings is 2. The number of fused-ring (bicyclic) bond motifs is 1. The molecule has 0 aliphatic rings. The van der Waals surface area contributed by atoms with Gasteiger partial charge >= 0.3 is 5.97 Å². The van der Waals surface area contributed by atoms with Gasteiger partial charge in [0.05, 0.1) is 29.5 Å². The number of hydrogen-bond donors (Lipinski definition) is 1. The lowest BCUT2D eigenvalue weighted by molar-refractivity contribution is 0.0699. The summed E-state index contributed by atoms with van der Waals surface area (Å²) in [7, 11) is 0. The average Bonchev–Trinajstić information content (AvgIpc) is 3.02. The van der Waals surface area contributed by atoms with E-state index < -0.39 is 5.97 Å². The van der Waals surface area contributed by atoms with E-state index in [0.29, 0.717) is 23.1 Å². The van der Waals surface area contributed by atoms with Gasteiger partial charge in [0.15, 0.2) is 0 Å². The van der Waals surface area contributed by atoms with Crippen LogP contribution in [0.2, 0.25) is 0 Å². The van der Waals surface area contributed by atoms with E-state index in [-0.39, 0.29) is 5.56 Å². The van der Waals surface area contributed by atoms with Gasteiger partial charge in [0, 0.05) is 21.1 Å². The van der Waals surface area contributed by atoms with Gasteiger partial charge in [-0.3, -0.25) is 4.68 Å². The Labute approximate surface area is 164 Å². The molecule has 0 saturated carbocycles. The Bertz CT molecular complexity index is 1150. The van der Waals surface area contributed by atoms with Crippen molar-refractivity contribution >= 4 is 32.8 Å². The number of carboxylic acids is 1. The number of hydrogen-bond acceptors (Lipinski definition) is 3. The van der Waals surface area contributed by atoms with Gasteiger partial charge in [0.1, 0.15) is 0 Å². The topological polar surface area (TPSA) is 68.0 Å². The van der Waals surface area contributed by atoms with Crippen molar-refractivity contribution < 1.29 is 9.90 Å². The summed E-state index contributed by atoms with van der Waals surface area (Å²) in [5, 5.41) is 14.7. The maximum absolute atomic E-state index is 11.8. The van der Waals surface area contributed by atoms with Crippen LogP contribution in [0.1, 0.15) is 21.6 Å². The van der Waals surface area contributed by atoms with Crippen molar-refractivity contribution in [1.29, 1.82) is 0 Å². The lowest BCUT2D eigenvalue weighted by atomic mass is 10.0. The van der Waals surface area contributed by atoms with Crippen molar-refractivity contribution in [2.75, 3.05) is 0 Å². The number of carboxylic acid groups (broad SMARTS) is 1. The van der Waals surface area contributed by atoms with E-state index >= 15 is 0 Å². The van der Waals surface area contributed by atoms with E-state index in [1.807, 2.05) is 41.9 Å². The number of rotatable bonds is 4. The van der Waals surface area contributed by atoms with Gasteiger partial charge in [0.25, 0.3) is 0 Å². The predicted molar refractivity (Wildman–Crippen MR) is 108 cm³/mol. The highest BCUT2D eigenvalue weighted by atomic mass is 79.9. The second kappa shape index (κ2) is 6.96. The van der Waals surface area contributed by atoms with Gasteiger partial charge in [-0.25, -0.2) is 9.78 Å². The maximum Gasteiger partial charge on any atom is 0.336 e. The molecule has 2 aromatic carbocycles. The molecule has 0 radical (unpaired) electrons. The van der Waals surface area contributed by atoms with Crippen molar-refractivity contribution in [1.82, 2.24) is 14.8 Å². The van der Waals surface area contributed by atoms with Gasteiger partial charge in [-0.05, 0) is 36.8 Å². The van der Waals surface area contributed by atoms with Crippen molar-refractivity contribution in [2.45, 2.75) is 13.5 Å². The molecule has 4 aromatic rings. The zero-order chi connectivity index (χ0) is 19.0. The molecule has 0 amide bonds. The summed E-state index contributed by atoms with van der Waals surface area (Å²) >= 11 is 3.39. The van der Waals surface area contributed by atoms with Crippen LogP contribution >= 0.6 is 15.9 Å². The zero-order valence-electron chi connectivity index (χ0n) is 14.6. The summed E-state index contributed by atoms with van der Waals surface area (Å²) in [6.07, 6.45) is 1.75. The van der Waals surface area contributed by atoms with Crippen molar-refractivity contribution in [2.24, 2.45) is 0 Å². The van der Waals surface area contributed by atoms with E-state index in [2.05, 4.69) is 38.1 Å². The monoisotopic (exact) mass is 421 g/mol. The number of carbonyl (C=O) groups is 1. The lowest BCUT2D eigenvalue weighted by Gasteiger charge is -2.08. The maximum atomic E-state index is 11.8. The van der Waals surface area contributed by atoms with E-state index in [0.717, 1.165) is 21.3 Å². The van der Waals surface area contributed by atoms with Gasteiger partial charge < -0.3 is 5.11 Å². The van der Waals surface area contributed by atoms with Crippen LogP contribution in [0.15, 0.2) is 65.3 Å². The molecule has 0 unspecified atom stereocenters. The van der Waals surface area contributed by atoms with E-state index in [4.69, 9.17) is 0 Å². The number of pyridine rings is 1. The molecule has 0 saturated heterocycles. The van der Waals surface area contributed by atoms with Crippen LogP contribution in [0.3, 0.4) is 0 Å². The first-order chi connectivity index (χ1) is 13.0. The minimum Gasteiger partial charge on any atom is -0.478 e. The molecule has 6 heteroatoms. The number of nitrogens with zero attached hydrogens (tertiary/aromatic N) is 3. The van der Waals surface area contributed by atoms with E-state index in [1.54, 1.807) is 18.3 Å². The molecule has 0 spiro atoms. The normalized spacial score (nSPS) is 11.0. The molecule has 134 valence electrons. The number of halogens is 1. The third-order valence-electron chi connectivity index (χ3n) is 4.56. The lowest BCUT2D eigenvalue weighted by Crippen LogP contribution is -2.04. The summed E-state index contributed by atoms with van der Waals surface area (Å²) in [5.41, 5.74) is 4.41. The summed E-state index contributed by atoms with van der Waals surface area (Å²) in [6.45, 7) is 2.62. The van der Waals surface area contributed by atoms with Crippen molar-refractivity contribution in [3.05, 3.63) is 82.1 Å². The molecule has 0 fully saturated rings. The third kappa shape index (κ3) is 3.36. The number of aromatic nitrogens is 3. The van der Waals surface area contributed by atoms with E-state index in [1.165, 1.54) is 0 Å². The molecule has 0 aliphatic heterocycles. The fourth-order valence-corrected chi connectivity index (χ4v) is 3.49. The summed E-state index contributed by atoms with van der Waals surface area (Å²) in [5.74, 6) is -0.976. The third-order valence-corrected chi connectivity index (χ3v) is 5.05. The highest BCUT2D eigenvalue weighted by Gasteiger charge is 2.16. The second-order valence-corrected chi connectivity index (χ2v) is 7.22. The first kappa shape index (κ1) is 17.4. The molecule has 0 aliphatic carbocycles. The van der Waals surface area contributed by atoms with Crippen LogP contribution in [0.25, 0.3) is 22.2 Å². The summed E-state index contributed by atoms with van der Waals surface area (Å²) in [6, 6.07) is 17.2. The summed E-state index contributed by atoms with van der Waals surface area (Å²) in [4.78, 5) is 16.5. The quantitative estimate of drug-likeness (QED) is 0.507. The second-order valence-electron chi connectivity index (χ2n) is 6.31. The smallest absolute Gasteiger partial charge is 0.336 e. The molecule has 2 heterocycles. The zero-order valence-corrected chi connectivity index (χ0v) is 16.1. The molecule has 27 heavy (non-hydrogen) atoms. The Morgan fingerprint density at radius 1 is 1.15 bits per heavy atom. The first-order valence-corrected chi connectivity index (χ1v) is 9.22. The van der Waals surface area contributed by atoms with Crippen LogP contribution in [0, 0.1) is 6.92 Å². The Kier molecular flexibility index (Phi) is 4.49. The Balaban J connectivity index is 1.81. The van der Waals surface area contributed by atoms with Crippen LogP contribution < -0.4 is 0 Å². The summed E-state index contributed by atoms with van der Waals surface area (Å²) < 4.78 is 2.72. The highest BCUT2D eigenvalue weighted by molar-refractivity contribution is 9.10.